The van der Waals surface area contributed by atoms with Gasteiger partial charge in [0, 0.05) is 19.5 Å². The lowest BCUT2D eigenvalue weighted by Crippen LogP contribution is -2.74. The summed E-state index contributed by atoms with van der Waals surface area (Å²) in [7, 11) is 6.29. The van der Waals surface area contributed by atoms with Crippen LogP contribution >= 0.6 is 0 Å². The van der Waals surface area contributed by atoms with Crippen LogP contribution < -0.4 is 5.73 Å². The van der Waals surface area contributed by atoms with Gasteiger partial charge in [0.2, 0.25) is 5.91 Å². The number of ketones is 4. The minimum Gasteiger partial charge on any atom is -0.507 e. The molecular weight excluding hydrogens is 458 g/mol. The highest BCUT2D eigenvalue weighted by molar-refractivity contribution is 6.32. The fourth-order valence-corrected chi connectivity index (χ4v) is 6.12. The maximum atomic E-state index is 13.7. The number of phenols is 1. The number of phenolic OH excluding ortho intramolecular Hbond substituents is 1. The van der Waals surface area contributed by atoms with Gasteiger partial charge in [-0.2, -0.15) is 5.06 Å². The number of carbonyl (C=O) groups excluding carboxylic acids is 5. The number of primary amides is 1. The lowest BCUT2D eigenvalue weighted by Gasteiger charge is -2.52. The molecule has 2 fully saturated rings. The first kappa shape index (κ1) is 25.1. The second kappa shape index (κ2) is 8.59. The number of nitrogens with zero attached hydrogens (tertiary/aromatic N) is 2. The number of benzene rings is 1. The van der Waals surface area contributed by atoms with Gasteiger partial charge in [0.05, 0.1) is 24.6 Å². The highest BCUT2D eigenvalue weighted by Crippen LogP contribution is 2.51. The number of rotatable bonds is 5. The van der Waals surface area contributed by atoms with Crippen molar-refractivity contribution in [2.24, 2.45) is 29.4 Å². The molecule has 3 aliphatic carbocycles. The van der Waals surface area contributed by atoms with Crippen molar-refractivity contribution in [2.75, 3.05) is 28.3 Å². The van der Waals surface area contributed by atoms with Crippen molar-refractivity contribution in [3.05, 3.63) is 28.8 Å². The van der Waals surface area contributed by atoms with E-state index in [2.05, 4.69) is 0 Å². The number of carbonyl (C=O) groups is 5. The van der Waals surface area contributed by atoms with Crippen LogP contribution in [-0.2, 0) is 37.0 Å². The summed E-state index contributed by atoms with van der Waals surface area (Å²) in [4.78, 5) is 72.3. The Bertz CT molecular complexity index is 1150. The van der Waals surface area contributed by atoms with Crippen LogP contribution in [0, 0.1) is 23.7 Å². The summed E-state index contributed by atoms with van der Waals surface area (Å²) in [5, 5.41) is 23.6. The molecule has 11 heteroatoms. The zero-order valence-electron chi connectivity index (χ0n) is 20.0. The third-order valence-electron chi connectivity index (χ3n) is 7.75. The molecule has 0 radical (unpaired) electrons. The standard InChI is InChI=1S/C24H29N3O8/c1-26(2)18-13-8-11-7-12-10(9-27(3)35-4)5-6-14(28)16(12)19(29)15(11)21(31)24(13,34)22(32)17(20(18)30)23(25)33/h5-6,11,13,15,17-18,28,34H,7-9H2,1-4H3,(H2,25,33)/t11-,13-,15?,17?,18+,24-/m0/s1. The van der Waals surface area contributed by atoms with Crippen LogP contribution in [-0.4, -0.2) is 89.1 Å². The van der Waals surface area contributed by atoms with Crippen LogP contribution in [0.25, 0.3) is 0 Å². The van der Waals surface area contributed by atoms with Crippen LogP contribution in [0.3, 0.4) is 0 Å². The quantitative estimate of drug-likeness (QED) is 0.341. The molecule has 11 nitrogen and oxygen atoms in total. The maximum Gasteiger partial charge on any atom is 0.235 e. The second-order valence-corrected chi connectivity index (χ2v) is 9.86. The van der Waals surface area contributed by atoms with E-state index >= 15 is 0 Å². The Morgan fingerprint density at radius 2 is 1.83 bits per heavy atom. The lowest BCUT2D eigenvalue weighted by molar-refractivity contribution is -0.181. The molecular formula is C24H29N3O8. The molecule has 3 aliphatic rings. The van der Waals surface area contributed by atoms with Crippen molar-refractivity contribution >= 4 is 29.0 Å². The Morgan fingerprint density at radius 1 is 1.17 bits per heavy atom. The molecule has 0 aromatic heterocycles. The first-order chi connectivity index (χ1) is 16.4. The second-order valence-electron chi connectivity index (χ2n) is 9.86. The number of aromatic hydroxyl groups is 1. The van der Waals surface area contributed by atoms with E-state index in [1.165, 1.54) is 18.1 Å². The number of aliphatic hydroxyl groups is 1. The van der Waals surface area contributed by atoms with E-state index < -0.39 is 64.4 Å². The zero-order chi connectivity index (χ0) is 26.0. The molecule has 1 aromatic rings. The number of hydroxylamine groups is 2. The molecule has 0 bridgehead atoms. The Morgan fingerprint density at radius 3 is 2.40 bits per heavy atom. The minimum atomic E-state index is -2.72. The van der Waals surface area contributed by atoms with Gasteiger partial charge in [0.25, 0.3) is 0 Å². The van der Waals surface area contributed by atoms with Gasteiger partial charge in [-0.3, -0.25) is 28.9 Å². The van der Waals surface area contributed by atoms with Crippen LogP contribution in [0.4, 0.5) is 0 Å². The zero-order valence-corrected chi connectivity index (χ0v) is 20.0. The minimum absolute atomic E-state index is 0.0130. The summed E-state index contributed by atoms with van der Waals surface area (Å²) in [6.45, 7) is 0.308. The number of likely N-dealkylation sites (N-methyl/N-ethyl adjacent to an activating group) is 1. The molecule has 0 spiro atoms. The van der Waals surface area contributed by atoms with Crippen LogP contribution in [0.5, 0.6) is 5.75 Å². The summed E-state index contributed by atoms with van der Waals surface area (Å²) >= 11 is 0. The van der Waals surface area contributed by atoms with Crippen LogP contribution in [0.2, 0.25) is 0 Å². The van der Waals surface area contributed by atoms with Gasteiger partial charge in [-0.25, -0.2) is 0 Å². The monoisotopic (exact) mass is 487 g/mol. The Kier molecular flexibility index (Phi) is 6.17. The molecule has 0 saturated heterocycles. The topological polar surface area (TPSA) is 168 Å². The summed E-state index contributed by atoms with van der Waals surface area (Å²) in [5.41, 5.74) is 3.84. The van der Waals surface area contributed by atoms with Crippen molar-refractivity contribution < 1.29 is 39.0 Å². The normalized spacial score (nSPS) is 32.5. The van der Waals surface area contributed by atoms with Gasteiger partial charge in [-0.1, -0.05) is 6.07 Å². The van der Waals surface area contributed by atoms with E-state index in [0.29, 0.717) is 12.1 Å². The van der Waals surface area contributed by atoms with E-state index in [9.17, 15) is 34.2 Å². The highest BCUT2D eigenvalue weighted by atomic mass is 16.7. The molecule has 2 unspecified atom stereocenters. The van der Waals surface area contributed by atoms with Crippen molar-refractivity contribution in [3.8, 4) is 5.75 Å². The van der Waals surface area contributed by atoms with Crippen molar-refractivity contribution in [1.82, 2.24) is 9.96 Å². The Balaban J connectivity index is 1.85. The van der Waals surface area contributed by atoms with Crippen molar-refractivity contribution in [1.29, 1.82) is 0 Å². The molecule has 0 aliphatic heterocycles. The lowest BCUT2D eigenvalue weighted by atomic mass is 9.52. The predicted octanol–water partition coefficient (Wildman–Crippen LogP) is -1.14. The van der Waals surface area contributed by atoms with Crippen LogP contribution in [0.1, 0.15) is 27.9 Å². The average Bonchev–Trinajstić information content (AvgIpc) is 2.77. The molecule has 4 N–H and O–H groups in total. The van der Waals surface area contributed by atoms with E-state index in [4.69, 9.17) is 10.6 Å². The highest BCUT2D eigenvalue weighted by Gasteiger charge is 2.69. The van der Waals surface area contributed by atoms with E-state index in [-0.39, 0.29) is 24.2 Å². The molecule has 4 rings (SSSR count). The number of Topliss-reactive ketones (excluding diaryl/α,β-unsaturated/α-hetero) is 4. The number of nitrogens with two attached hydrogens (primary N) is 1. The summed E-state index contributed by atoms with van der Waals surface area (Å²) in [5.74, 6) is -10.5. The largest absolute Gasteiger partial charge is 0.507 e. The van der Waals surface area contributed by atoms with Gasteiger partial charge in [-0.15, -0.1) is 0 Å². The first-order valence-electron chi connectivity index (χ1n) is 11.3. The van der Waals surface area contributed by atoms with E-state index in [0.717, 1.165) is 5.56 Å². The molecule has 0 heterocycles. The maximum absolute atomic E-state index is 13.7. The van der Waals surface area contributed by atoms with Gasteiger partial charge >= 0.3 is 0 Å². The van der Waals surface area contributed by atoms with Crippen LogP contribution in [0.15, 0.2) is 12.1 Å². The van der Waals surface area contributed by atoms with Gasteiger partial charge in [-0.05, 0) is 50.0 Å². The predicted molar refractivity (Wildman–Crippen MR) is 120 cm³/mol. The van der Waals surface area contributed by atoms with Crippen molar-refractivity contribution in [3.63, 3.8) is 0 Å². The summed E-state index contributed by atoms with van der Waals surface area (Å²) in [6, 6.07) is 1.90. The molecule has 35 heavy (non-hydrogen) atoms. The van der Waals surface area contributed by atoms with Gasteiger partial charge < -0.3 is 20.8 Å². The van der Waals surface area contributed by atoms with E-state index in [1.54, 1.807) is 32.3 Å². The number of hydrogen-bond donors (Lipinski definition) is 3. The number of fused-ring (bicyclic) bond motifs is 3. The third-order valence-corrected chi connectivity index (χ3v) is 7.75. The number of amides is 1. The summed E-state index contributed by atoms with van der Waals surface area (Å²) in [6.07, 6.45) is 0.228. The smallest absolute Gasteiger partial charge is 0.235 e. The average molecular weight is 488 g/mol. The van der Waals surface area contributed by atoms with Gasteiger partial charge in [0.1, 0.15) is 5.75 Å². The molecule has 188 valence electrons. The Hall–Kier alpha value is -2.99. The fourth-order valence-electron chi connectivity index (χ4n) is 6.12. The molecule has 1 amide bonds. The summed E-state index contributed by atoms with van der Waals surface area (Å²) < 4.78 is 0. The first-order valence-corrected chi connectivity index (χ1v) is 11.3. The molecule has 2 saturated carbocycles. The number of hydrogen-bond acceptors (Lipinski definition) is 10. The van der Waals surface area contributed by atoms with E-state index in [1.807, 2.05) is 0 Å². The SMILES string of the molecule is CON(C)Cc1ccc(O)c2c1C[C@H]1C[C@H]3[C@@H](N(C)C)C(=O)C(C(N)=O)C(=O)[C@@]3(O)C(=O)C1C2=O. The fraction of sp³-hybridized carbons (Fsp3) is 0.542. The Labute approximate surface area is 201 Å². The van der Waals surface area contributed by atoms with Crippen molar-refractivity contribution in [2.45, 2.75) is 31.0 Å². The van der Waals surface area contributed by atoms with Gasteiger partial charge in [0.15, 0.2) is 34.7 Å². The molecule has 6 atom stereocenters. The molecule has 1 aromatic carbocycles. The third kappa shape index (κ3) is 3.53.